The molecule has 11 nitrogen and oxygen atoms in total. The van der Waals surface area contributed by atoms with E-state index in [0.29, 0.717) is 0 Å². The van der Waals surface area contributed by atoms with Crippen LogP contribution in [0.1, 0.15) is 50.2 Å². The molecule has 0 saturated heterocycles. The van der Waals surface area contributed by atoms with Crippen LogP contribution >= 0.6 is 0 Å². The van der Waals surface area contributed by atoms with Gasteiger partial charge >= 0.3 is 0 Å². The molecule has 0 aliphatic heterocycles. The summed E-state index contributed by atoms with van der Waals surface area (Å²) in [5, 5.41) is 14.4. The molecule has 1 saturated carbocycles. The first-order valence-corrected chi connectivity index (χ1v) is 14.7. The summed E-state index contributed by atoms with van der Waals surface area (Å²) >= 11 is 0. The monoisotopic (exact) mass is 560 g/mol. The van der Waals surface area contributed by atoms with Crippen LogP contribution in [0.25, 0.3) is 0 Å². The van der Waals surface area contributed by atoms with Crippen LogP contribution in [0.2, 0.25) is 0 Å². The third-order valence-electron chi connectivity index (χ3n) is 6.88. The minimum atomic E-state index is -4.09. The highest BCUT2D eigenvalue weighted by molar-refractivity contribution is 7.92. The highest BCUT2D eigenvalue weighted by Gasteiger charge is 2.32. The van der Waals surface area contributed by atoms with Gasteiger partial charge in [0, 0.05) is 24.7 Å². The van der Waals surface area contributed by atoms with Crippen molar-refractivity contribution in [2.75, 3.05) is 24.2 Å². The van der Waals surface area contributed by atoms with E-state index < -0.39 is 33.4 Å². The number of ether oxygens (including phenoxy) is 1. The van der Waals surface area contributed by atoms with Crippen LogP contribution in [0.4, 0.5) is 11.4 Å². The normalized spacial score (nSPS) is 14.8. The lowest BCUT2D eigenvalue weighted by molar-refractivity contribution is -0.384. The zero-order valence-electron chi connectivity index (χ0n) is 22.8. The number of methoxy groups -OCH3 is 1. The van der Waals surface area contributed by atoms with Crippen molar-refractivity contribution >= 4 is 33.2 Å². The van der Waals surface area contributed by atoms with Crippen LogP contribution in [0.3, 0.4) is 0 Å². The van der Waals surface area contributed by atoms with E-state index in [9.17, 15) is 28.1 Å². The lowest BCUT2D eigenvalue weighted by Gasteiger charge is -2.33. The van der Waals surface area contributed by atoms with E-state index in [1.165, 1.54) is 24.1 Å². The molecule has 0 heterocycles. The lowest BCUT2D eigenvalue weighted by atomic mass is 9.95. The molecule has 1 aliphatic carbocycles. The number of carbonyl (C=O) groups is 2. The average molecular weight is 561 g/mol. The summed E-state index contributed by atoms with van der Waals surface area (Å²) in [5.41, 5.74) is 1.25. The summed E-state index contributed by atoms with van der Waals surface area (Å²) in [6.45, 7) is 2.92. The Kier molecular flexibility index (Phi) is 9.90. The number of nitrogens with one attached hydrogen (secondary N) is 1. The van der Waals surface area contributed by atoms with Gasteiger partial charge in [-0.05, 0) is 38.3 Å². The van der Waals surface area contributed by atoms with Gasteiger partial charge in [-0.15, -0.1) is 0 Å². The molecular formula is C27H36N4O7S. The molecule has 0 bridgehead atoms. The van der Waals surface area contributed by atoms with E-state index >= 15 is 0 Å². The minimum Gasteiger partial charge on any atom is -0.495 e. The third-order valence-corrected chi connectivity index (χ3v) is 8.00. The van der Waals surface area contributed by atoms with Crippen LogP contribution in [0, 0.1) is 17.0 Å². The maximum Gasteiger partial charge on any atom is 0.271 e. The summed E-state index contributed by atoms with van der Waals surface area (Å²) < 4.78 is 31.8. The summed E-state index contributed by atoms with van der Waals surface area (Å²) in [6.07, 6.45) is 5.84. The number of aryl methyl sites for hydroxylation is 1. The van der Waals surface area contributed by atoms with E-state index in [1.54, 1.807) is 6.92 Å². The quantitative estimate of drug-likeness (QED) is 0.328. The van der Waals surface area contributed by atoms with Gasteiger partial charge in [0.1, 0.15) is 24.0 Å². The van der Waals surface area contributed by atoms with Gasteiger partial charge in [-0.25, -0.2) is 8.42 Å². The predicted molar refractivity (Wildman–Crippen MR) is 148 cm³/mol. The Morgan fingerprint density at radius 1 is 1.15 bits per heavy atom. The SMILES string of the molecule is COc1ccc([N+](=O)[O-])cc1N(CC(=O)N(Cc1cccc(C)c1)[C@H](C)C(=O)NC1CCCCC1)S(C)(=O)=O. The molecule has 1 fully saturated rings. The van der Waals surface area contributed by atoms with Crippen LogP contribution in [-0.2, 0) is 26.2 Å². The van der Waals surface area contributed by atoms with Gasteiger partial charge in [0.05, 0.1) is 18.3 Å². The van der Waals surface area contributed by atoms with Crippen molar-refractivity contribution in [1.29, 1.82) is 0 Å². The number of nitro groups is 1. The Bertz CT molecular complexity index is 1310. The van der Waals surface area contributed by atoms with Crippen molar-refractivity contribution in [3.05, 3.63) is 63.7 Å². The second kappa shape index (κ2) is 12.9. The third kappa shape index (κ3) is 7.92. The molecule has 2 aromatic carbocycles. The number of nitro benzene ring substituents is 1. The summed E-state index contributed by atoms with van der Waals surface area (Å²) in [7, 11) is -2.79. The fourth-order valence-corrected chi connectivity index (χ4v) is 5.59. The Morgan fingerprint density at radius 3 is 2.44 bits per heavy atom. The largest absolute Gasteiger partial charge is 0.495 e. The Balaban J connectivity index is 1.96. The summed E-state index contributed by atoms with van der Waals surface area (Å²) in [4.78, 5) is 39.1. The van der Waals surface area contributed by atoms with Crippen LogP contribution in [0.5, 0.6) is 5.75 Å². The van der Waals surface area contributed by atoms with E-state index in [-0.39, 0.29) is 35.6 Å². The molecule has 3 rings (SSSR count). The van der Waals surface area contributed by atoms with Gasteiger partial charge in [-0.1, -0.05) is 49.1 Å². The van der Waals surface area contributed by atoms with Gasteiger partial charge in [0.2, 0.25) is 21.8 Å². The molecule has 1 aliphatic rings. The molecule has 39 heavy (non-hydrogen) atoms. The fraction of sp³-hybridized carbons (Fsp3) is 0.481. The van der Waals surface area contributed by atoms with Crippen molar-refractivity contribution in [3.63, 3.8) is 0 Å². The first kappa shape index (κ1) is 29.9. The summed E-state index contributed by atoms with van der Waals surface area (Å²) in [5.74, 6) is -0.907. The smallest absolute Gasteiger partial charge is 0.271 e. The number of hydrogen-bond acceptors (Lipinski definition) is 7. The number of amides is 2. The molecule has 212 valence electrons. The topological polar surface area (TPSA) is 139 Å². The van der Waals surface area contributed by atoms with Gasteiger partial charge < -0.3 is 15.0 Å². The molecule has 1 atom stereocenters. The second-order valence-corrected chi connectivity index (χ2v) is 11.8. The number of anilines is 1. The molecule has 2 amide bonds. The maximum absolute atomic E-state index is 13.8. The maximum atomic E-state index is 13.8. The number of carbonyl (C=O) groups excluding carboxylic acids is 2. The minimum absolute atomic E-state index is 0.0336. The van der Waals surface area contributed by atoms with Crippen LogP contribution in [0.15, 0.2) is 42.5 Å². The van der Waals surface area contributed by atoms with E-state index in [0.717, 1.165) is 59.9 Å². The molecule has 0 unspecified atom stereocenters. The fourth-order valence-electron chi connectivity index (χ4n) is 4.74. The van der Waals surface area contributed by atoms with Crippen molar-refractivity contribution in [3.8, 4) is 5.75 Å². The number of rotatable bonds is 11. The van der Waals surface area contributed by atoms with Crippen LogP contribution in [-0.4, -0.2) is 62.0 Å². The number of hydrogen-bond donors (Lipinski definition) is 1. The van der Waals surface area contributed by atoms with Crippen molar-refractivity contribution in [1.82, 2.24) is 10.2 Å². The molecule has 0 radical (unpaired) electrons. The van der Waals surface area contributed by atoms with Crippen molar-refractivity contribution in [2.45, 2.75) is 64.6 Å². The van der Waals surface area contributed by atoms with Gasteiger partial charge in [-0.3, -0.25) is 24.0 Å². The molecule has 2 aromatic rings. The first-order chi connectivity index (χ1) is 18.4. The van der Waals surface area contributed by atoms with Gasteiger partial charge in [0.15, 0.2) is 0 Å². The van der Waals surface area contributed by atoms with Crippen LogP contribution < -0.4 is 14.4 Å². The predicted octanol–water partition coefficient (Wildman–Crippen LogP) is 3.54. The Hall–Kier alpha value is -3.67. The highest BCUT2D eigenvalue weighted by atomic mass is 32.2. The molecule has 12 heteroatoms. The Labute approximate surface area is 229 Å². The number of nitrogens with zero attached hydrogens (tertiary/aromatic N) is 3. The van der Waals surface area contributed by atoms with Crippen molar-refractivity contribution in [2.24, 2.45) is 0 Å². The second-order valence-electron chi connectivity index (χ2n) is 9.91. The zero-order valence-corrected chi connectivity index (χ0v) is 23.6. The van der Waals surface area contributed by atoms with Gasteiger partial charge in [-0.2, -0.15) is 0 Å². The number of sulfonamides is 1. The van der Waals surface area contributed by atoms with Crippen molar-refractivity contribution < 1.29 is 27.7 Å². The average Bonchev–Trinajstić information content (AvgIpc) is 2.89. The lowest BCUT2D eigenvalue weighted by Crippen LogP contribution is -2.53. The molecular weight excluding hydrogens is 524 g/mol. The van der Waals surface area contributed by atoms with Gasteiger partial charge in [0.25, 0.3) is 5.69 Å². The Morgan fingerprint density at radius 2 is 1.85 bits per heavy atom. The molecule has 0 spiro atoms. The standard InChI is InChI=1S/C27H36N4O7S/c1-19-9-8-10-21(15-19)17-29(20(2)27(33)28-22-11-6-5-7-12-22)26(32)18-30(39(4,36)37)24-16-23(31(34)35)13-14-25(24)38-3/h8-10,13-16,20,22H,5-7,11-12,17-18H2,1-4H3,(H,28,33)/t20-/m1/s1. The van der Waals surface area contributed by atoms with E-state index in [4.69, 9.17) is 4.74 Å². The highest BCUT2D eigenvalue weighted by Crippen LogP contribution is 2.34. The molecule has 0 aromatic heterocycles. The number of non-ortho nitro benzene ring substituents is 1. The van der Waals surface area contributed by atoms with E-state index in [2.05, 4.69) is 5.32 Å². The zero-order chi connectivity index (χ0) is 28.7. The summed E-state index contributed by atoms with van der Waals surface area (Å²) in [6, 6.07) is 10.1. The molecule has 1 N–H and O–H groups in total. The van der Waals surface area contributed by atoms with E-state index in [1.807, 2.05) is 31.2 Å². The first-order valence-electron chi connectivity index (χ1n) is 12.9. The number of benzene rings is 2.